The average molecular weight is 296 g/mol. The van der Waals surface area contributed by atoms with Crippen LogP contribution in [0.5, 0.6) is 0 Å². The number of piperidine rings is 1. The van der Waals surface area contributed by atoms with Crippen LogP contribution in [0.4, 0.5) is 0 Å². The SMILES string of the molecule is CCOC(=O)CC1CCCN(Cc2cccc(Cl)c2)C1. The lowest BCUT2D eigenvalue weighted by Crippen LogP contribution is -2.36. The fraction of sp³-hybridized carbons (Fsp3) is 0.562. The molecule has 3 nitrogen and oxygen atoms in total. The first-order valence-electron chi connectivity index (χ1n) is 7.29. The molecule has 1 aliphatic heterocycles. The Morgan fingerprint density at radius 3 is 3.10 bits per heavy atom. The van der Waals surface area contributed by atoms with Gasteiger partial charge < -0.3 is 4.74 Å². The quantitative estimate of drug-likeness (QED) is 0.779. The third kappa shape index (κ3) is 4.80. The molecule has 1 unspecified atom stereocenters. The number of esters is 1. The van der Waals surface area contributed by atoms with Gasteiger partial charge in [-0.15, -0.1) is 0 Å². The molecule has 1 aromatic rings. The Kier molecular flexibility index (Phi) is 5.86. The van der Waals surface area contributed by atoms with Gasteiger partial charge in [0.2, 0.25) is 0 Å². The first-order chi connectivity index (χ1) is 9.67. The molecule has 110 valence electrons. The fourth-order valence-corrected chi connectivity index (χ4v) is 3.02. The number of nitrogens with zero attached hydrogens (tertiary/aromatic N) is 1. The number of likely N-dealkylation sites (tertiary alicyclic amines) is 1. The van der Waals surface area contributed by atoms with E-state index in [1.165, 1.54) is 5.56 Å². The molecule has 0 amide bonds. The summed E-state index contributed by atoms with van der Waals surface area (Å²) in [6.45, 7) is 5.28. The zero-order valence-electron chi connectivity index (χ0n) is 12.0. The van der Waals surface area contributed by atoms with Crippen LogP contribution in [0.2, 0.25) is 5.02 Å². The van der Waals surface area contributed by atoms with Crippen molar-refractivity contribution in [3.63, 3.8) is 0 Å². The third-order valence-electron chi connectivity index (χ3n) is 3.66. The molecule has 2 rings (SSSR count). The summed E-state index contributed by atoms with van der Waals surface area (Å²) in [4.78, 5) is 14.0. The maximum Gasteiger partial charge on any atom is 0.306 e. The minimum absolute atomic E-state index is 0.0675. The fourth-order valence-electron chi connectivity index (χ4n) is 2.81. The van der Waals surface area contributed by atoms with Gasteiger partial charge in [0.1, 0.15) is 0 Å². The van der Waals surface area contributed by atoms with E-state index in [9.17, 15) is 4.79 Å². The Bertz CT molecular complexity index is 450. The van der Waals surface area contributed by atoms with Crippen molar-refractivity contribution in [1.29, 1.82) is 0 Å². The van der Waals surface area contributed by atoms with Crippen molar-refractivity contribution in [2.75, 3.05) is 19.7 Å². The molecule has 0 N–H and O–H groups in total. The van der Waals surface area contributed by atoms with E-state index in [-0.39, 0.29) is 5.97 Å². The van der Waals surface area contributed by atoms with Crippen LogP contribution in [0, 0.1) is 5.92 Å². The summed E-state index contributed by atoms with van der Waals surface area (Å²) in [6, 6.07) is 7.99. The molecule has 0 bridgehead atoms. The van der Waals surface area contributed by atoms with Gasteiger partial charge in [-0.1, -0.05) is 23.7 Å². The monoisotopic (exact) mass is 295 g/mol. The molecule has 1 aliphatic rings. The second-order valence-electron chi connectivity index (χ2n) is 5.38. The van der Waals surface area contributed by atoms with Gasteiger partial charge >= 0.3 is 5.97 Å². The van der Waals surface area contributed by atoms with Gasteiger partial charge in [-0.3, -0.25) is 9.69 Å². The van der Waals surface area contributed by atoms with Crippen LogP contribution >= 0.6 is 11.6 Å². The molecule has 0 radical (unpaired) electrons. The molecule has 0 aliphatic carbocycles. The van der Waals surface area contributed by atoms with Gasteiger partial charge in [0.05, 0.1) is 6.61 Å². The Morgan fingerprint density at radius 2 is 2.35 bits per heavy atom. The number of benzene rings is 1. The topological polar surface area (TPSA) is 29.5 Å². The summed E-state index contributed by atoms with van der Waals surface area (Å²) in [7, 11) is 0. The lowest BCUT2D eigenvalue weighted by Gasteiger charge is -2.32. The predicted octanol–water partition coefficient (Wildman–Crippen LogP) is 3.51. The molecule has 1 fully saturated rings. The number of hydrogen-bond acceptors (Lipinski definition) is 3. The van der Waals surface area contributed by atoms with Crippen LogP contribution in [0.3, 0.4) is 0 Å². The number of rotatable bonds is 5. The molecule has 1 heterocycles. The van der Waals surface area contributed by atoms with Gasteiger partial charge in [-0.05, 0) is 49.9 Å². The zero-order chi connectivity index (χ0) is 14.4. The molecule has 1 saturated heterocycles. The summed E-state index contributed by atoms with van der Waals surface area (Å²) >= 11 is 6.02. The van der Waals surface area contributed by atoms with Crippen LogP contribution < -0.4 is 0 Å². The number of hydrogen-bond donors (Lipinski definition) is 0. The standard InChI is InChI=1S/C16H22ClNO2/c1-2-20-16(19)10-14-6-4-8-18(12-14)11-13-5-3-7-15(17)9-13/h3,5,7,9,14H,2,4,6,8,10-12H2,1H3. The smallest absolute Gasteiger partial charge is 0.306 e. The van der Waals surface area contributed by atoms with Crippen molar-refractivity contribution in [2.24, 2.45) is 5.92 Å². The van der Waals surface area contributed by atoms with E-state index in [1.54, 1.807) is 0 Å². The van der Waals surface area contributed by atoms with Gasteiger partial charge in [-0.2, -0.15) is 0 Å². The molecule has 1 aromatic carbocycles. The highest BCUT2D eigenvalue weighted by Crippen LogP contribution is 2.22. The van der Waals surface area contributed by atoms with Crippen LogP contribution in [0.1, 0.15) is 31.7 Å². The normalized spacial score (nSPS) is 19.8. The summed E-state index contributed by atoms with van der Waals surface area (Å²) in [5.74, 6) is 0.351. The highest BCUT2D eigenvalue weighted by atomic mass is 35.5. The highest BCUT2D eigenvalue weighted by Gasteiger charge is 2.22. The van der Waals surface area contributed by atoms with E-state index < -0.39 is 0 Å². The molecule has 1 atom stereocenters. The van der Waals surface area contributed by atoms with Crippen LogP contribution in [-0.4, -0.2) is 30.6 Å². The summed E-state index contributed by atoms with van der Waals surface area (Å²) < 4.78 is 5.04. The summed E-state index contributed by atoms with van der Waals surface area (Å²) in [5.41, 5.74) is 1.23. The van der Waals surface area contributed by atoms with E-state index in [0.29, 0.717) is 18.9 Å². The minimum atomic E-state index is -0.0675. The van der Waals surface area contributed by atoms with E-state index in [0.717, 1.165) is 37.5 Å². The summed E-state index contributed by atoms with van der Waals surface area (Å²) in [6.07, 6.45) is 2.80. The largest absolute Gasteiger partial charge is 0.466 e. The lowest BCUT2D eigenvalue weighted by atomic mass is 9.94. The Labute approximate surface area is 125 Å². The van der Waals surface area contributed by atoms with Crippen molar-refractivity contribution in [3.8, 4) is 0 Å². The van der Waals surface area contributed by atoms with Crippen LogP contribution in [0.25, 0.3) is 0 Å². The predicted molar refractivity (Wildman–Crippen MR) is 80.7 cm³/mol. The van der Waals surface area contributed by atoms with Crippen molar-refractivity contribution in [2.45, 2.75) is 32.7 Å². The molecule has 4 heteroatoms. The van der Waals surface area contributed by atoms with Crippen molar-refractivity contribution < 1.29 is 9.53 Å². The minimum Gasteiger partial charge on any atom is -0.466 e. The second-order valence-corrected chi connectivity index (χ2v) is 5.82. The van der Waals surface area contributed by atoms with E-state index in [1.807, 2.05) is 25.1 Å². The molecule has 0 saturated carbocycles. The van der Waals surface area contributed by atoms with Crippen molar-refractivity contribution in [3.05, 3.63) is 34.9 Å². The zero-order valence-corrected chi connectivity index (χ0v) is 12.7. The second kappa shape index (κ2) is 7.65. The first kappa shape index (κ1) is 15.3. The van der Waals surface area contributed by atoms with Gasteiger partial charge in [-0.25, -0.2) is 0 Å². The number of carbonyl (C=O) groups excluding carboxylic acids is 1. The maximum atomic E-state index is 11.6. The van der Waals surface area contributed by atoms with Crippen molar-refractivity contribution >= 4 is 17.6 Å². The first-order valence-corrected chi connectivity index (χ1v) is 7.67. The lowest BCUT2D eigenvalue weighted by molar-refractivity contribution is -0.144. The van der Waals surface area contributed by atoms with E-state index >= 15 is 0 Å². The summed E-state index contributed by atoms with van der Waals surface area (Å²) in [5, 5.41) is 0.780. The molecule has 0 aromatic heterocycles. The van der Waals surface area contributed by atoms with Crippen molar-refractivity contribution in [1.82, 2.24) is 4.90 Å². The van der Waals surface area contributed by atoms with Crippen LogP contribution in [-0.2, 0) is 16.1 Å². The molecule has 0 spiro atoms. The average Bonchev–Trinajstić information content (AvgIpc) is 2.39. The van der Waals surface area contributed by atoms with Crippen LogP contribution in [0.15, 0.2) is 24.3 Å². The van der Waals surface area contributed by atoms with Gasteiger partial charge in [0, 0.05) is 24.5 Å². The number of carbonyl (C=O) groups is 1. The van der Waals surface area contributed by atoms with E-state index in [2.05, 4.69) is 11.0 Å². The number of halogens is 1. The Morgan fingerprint density at radius 1 is 1.50 bits per heavy atom. The highest BCUT2D eigenvalue weighted by molar-refractivity contribution is 6.30. The number of ether oxygens (including phenoxy) is 1. The maximum absolute atomic E-state index is 11.6. The van der Waals surface area contributed by atoms with E-state index in [4.69, 9.17) is 16.3 Å². The van der Waals surface area contributed by atoms with Gasteiger partial charge in [0.25, 0.3) is 0 Å². The molecular formula is C16H22ClNO2. The van der Waals surface area contributed by atoms with Gasteiger partial charge in [0.15, 0.2) is 0 Å². The third-order valence-corrected chi connectivity index (χ3v) is 3.89. The molecule has 20 heavy (non-hydrogen) atoms. The Hall–Kier alpha value is -1.06. The Balaban J connectivity index is 1.85. The molecular weight excluding hydrogens is 274 g/mol.